The predicted molar refractivity (Wildman–Crippen MR) is 62.0 cm³/mol. The molecule has 1 aromatic carbocycles. The highest BCUT2D eigenvalue weighted by atomic mass is 16.5. The van der Waals surface area contributed by atoms with Gasteiger partial charge in [-0.15, -0.1) is 0 Å². The van der Waals surface area contributed by atoms with Crippen LogP contribution < -0.4 is 0 Å². The van der Waals surface area contributed by atoms with Gasteiger partial charge in [-0.1, -0.05) is 24.3 Å². The fraction of sp³-hybridized carbons (Fsp3) is 0.462. The third kappa shape index (κ3) is 3.35. The van der Waals surface area contributed by atoms with Gasteiger partial charge in [0.25, 0.3) is 0 Å². The molecule has 16 heavy (non-hydrogen) atoms. The maximum absolute atomic E-state index is 10.8. The topological polar surface area (TPSA) is 35.5 Å². The van der Waals surface area contributed by atoms with Gasteiger partial charge in [0, 0.05) is 14.0 Å². The van der Waals surface area contributed by atoms with Crippen molar-refractivity contribution in [3.8, 4) is 0 Å². The molecule has 0 radical (unpaired) electrons. The molecule has 2 atom stereocenters. The van der Waals surface area contributed by atoms with Gasteiger partial charge in [-0.25, -0.2) is 0 Å². The van der Waals surface area contributed by atoms with Crippen LogP contribution in [0.1, 0.15) is 44.1 Å². The van der Waals surface area contributed by atoms with Gasteiger partial charge in [0.15, 0.2) is 0 Å². The van der Waals surface area contributed by atoms with Crippen molar-refractivity contribution in [2.75, 3.05) is 7.11 Å². The van der Waals surface area contributed by atoms with Gasteiger partial charge in [-0.05, 0) is 25.0 Å². The van der Waals surface area contributed by atoms with Crippen LogP contribution in [0.5, 0.6) is 0 Å². The summed E-state index contributed by atoms with van der Waals surface area (Å²) in [5.41, 5.74) is 2.10. The Morgan fingerprint density at radius 3 is 1.88 bits per heavy atom. The van der Waals surface area contributed by atoms with Crippen molar-refractivity contribution in [2.45, 2.75) is 33.0 Å². The molecule has 1 aromatic rings. The molecule has 0 heterocycles. The number of esters is 1. The monoisotopic (exact) mass is 222 g/mol. The van der Waals surface area contributed by atoms with E-state index in [9.17, 15) is 4.79 Å². The van der Waals surface area contributed by atoms with Gasteiger partial charge < -0.3 is 9.47 Å². The van der Waals surface area contributed by atoms with Gasteiger partial charge in [-0.2, -0.15) is 0 Å². The third-order valence-electron chi connectivity index (χ3n) is 2.57. The molecule has 88 valence electrons. The molecule has 0 bridgehead atoms. The maximum Gasteiger partial charge on any atom is 0.303 e. The first-order chi connectivity index (χ1) is 7.54. The van der Waals surface area contributed by atoms with Crippen molar-refractivity contribution in [1.82, 2.24) is 0 Å². The first kappa shape index (κ1) is 12.7. The highest BCUT2D eigenvalue weighted by Gasteiger charge is 2.09. The summed E-state index contributed by atoms with van der Waals surface area (Å²) in [4.78, 5) is 10.8. The number of hydrogen-bond donors (Lipinski definition) is 0. The maximum atomic E-state index is 10.8. The quantitative estimate of drug-likeness (QED) is 0.734. The molecule has 0 aliphatic rings. The van der Waals surface area contributed by atoms with Crippen LogP contribution in [0.25, 0.3) is 0 Å². The van der Waals surface area contributed by atoms with Crippen molar-refractivity contribution in [3.05, 3.63) is 35.4 Å². The molecule has 0 amide bonds. The summed E-state index contributed by atoms with van der Waals surface area (Å²) in [6.07, 6.45) is -0.123. The van der Waals surface area contributed by atoms with Crippen LogP contribution in [-0.4, -0.2) is 13.1 Å². The molecule has 3 nitrogen and oxygen atoms in total. The lowest BCUT2D eigenvalue weighted by Crippen LogP contribution is -2.05. The zero-order chi connectivity index (χ0) is 12.1. The molecule has 0 aliphatic carbocycles. The number of benzene rings is 1. The lowest BCUT2D eigenvalue weighted by Gasteiger charge is -2.14. The number of methoxy groups -OCH3 is 1. The van der Waals surface area contributed by atoms with Crippen LogP contribution in [0.15, 0.2) is 24.3 Å². The molecule has 3 heteroatoms. The van der Waals surface area contributed by atoms with Crippen molar-refractivity contribution < 1.29 is 14.3 Å². The molecule has 0 N–H and O–H groups in total. The Bertz CT molecular complexity index is 343. The van der Waals surface area contributed by atoms with E-state index in [4.69, 9.17) is 9.47 Å². The average molecular weight is 222 g/mol. The van der Waals surface area contributed by atoms with Gasteiger partial charge in [0.1, 0.15) is 6.10 Å². The molecule has 0 saturated carbocycles. The standard InChI is InChI=1S/C13H18O3/c1-9(15-4)12-5-7-13(8-6-12)10(2)16-11(3)14/h5-10H,1-4H3. The smallest absolute Gasteiger partial charge is 0.303 e. The average Bonchev–Trinajstić information content (AvgIpc) is 2.27. The summed E-state index contributed by atoms with van der Waals surface area (Å²) in [5, 5.41) is 0. The molecule has 2 unspecified atom stereocenters. The zero-order valence-electron chi connectivity index (χ0n) is 10.2. The van der Waals surface area contributed by atoms with Crippen molar-refractivity contribution in [2.24, 2.45) is 0 Å². The van der Waals surface area contributed by atoms with Crippen LogP contribution in [0.3, 0.4) is 0 Å². The molecule has 0 spiro atoms. The van der Waals surface area contributed by atoms with Crippen LogP contribution >= 0.6 is 0 Å². The summed E-state index contributed by atoms with van der Waals surface area (Å²) in [7, 11) is 1.68. The Labute approximate surface area is 96.4 Å². The summed E-state index contributed by atoms with van der Waals surface area (Å²) in [5.74, 6) is -0.262. The van der Waals surface area contributed by atoms with Gasteiger partial charge in [0.2, 0.25) is 0 Å². The van der Waals surface area contributed by atoms with Crippen LogP contribution in [0.2, 0.25) is 0 Å². The van der Waals surface area contributed by atoms with E-state index in [2.05, 4.69) is 0 Å². The minimum Gasteiger partial charge on any atom is -0.458 e. The van der Waals surface area contributed by atoms with Crippen molar-refractivity contribution in [3.63, 3.8) is 0 Å². The summed E-state index contributed by atoms with van der Waals surface area (Å²) in [6.45, 7) is 5.26. The van der Waals surface area contributed by atoms with Crippen molar-refractivity contribution >= 4 is 5.97 Å². The first-order valence-corrected chi connectivity index (χ1v) is 5.34. The van der Waals surface area contributed by atoms with Gasteiger partial charge >= 0.3 is 5.97 Å². The minimum absolute atomic E-state index is 0.0816. The third-order valence-corrected chi connectivity index (χ3v) is 2.57. The summed E-state index contributed by atoms with van der Waals surface area (Å²) < 4.78 is 10.3. The van der Waals surface area contributed by atoms with E-state index in [-0.39, 0.29) is 18.2 Å². The van der Waals surface area contributed by atoms with E-state index in [1.165, 1.54) is 6.92 Å². The first-order valence-electron chi connectivity index (χ1n) is 5.34. The number of rotatable bonds is 4. The number of ether oxygens (including phenoxy) is 2. The predicted octanol–water partition coefficient (Wildman–Crippen LogP) is 3.02. The van der Waals surface area contributed by atoms with Crippen LogP contribution in [0, 0.1) is 0 Å². The van der Waals surface area contributed by atoms with Crippen molar-refractivity contribution in [1.29, 1.82) is 0 Å². The molecule has 1 rings (SSSR count). The lowest BCUT2D eigenvalue weighted by atomic mass is 10.1. The lowest BCUT2D eigenvalue weighted by molar-refractivity contribution is -0.145. The Hall–Kier alpha value is -1.35. The molecular weight excluding hydrogens is 204 g/mol. The fourth-order valence-electron chi connectivity index (χ4n) is 1.49. The SMILES string of the molecule is COC(C)c1ccc(C(C)OC(C)=O)cc1. The highest BCUT2D eigenvalue weighted by Crippen LogP contribution is 2.21. The normalized spacial score (nSPS) is 14.2. The zero-order valence-corrected chi connectivity index (χ0v) is 10.2. The van der Waals surface area contributed by atoms with E-state index in [1.54, 1.807) is 7.11 Å². The Morgan fingerprint density at radius 1 is 1.06 bits per heavy atom. The Balaban J connectivity index is 2.74. The van der Waals surface area contributed by atoms with E-state index < -0.39 is 0 Å². The van der Waals surface area contributed by atoms with Gasteiger partial charge in [0.05, 0.1) is 6.10 Å². The minimum atomic E-state index is -0.262. The van der Waals surface area contributed by atoms with E-state index in [0.29, 0.717) is 0 Å². The molecule has 0 fully saturated rings. The highest BCUT2D eigenvalue weighted by molar-refractivity contribution is 5.66. The summed E-state index contributed by atoms with van der Waals surface area (Å²) in [6, 6.07) is 7.89. The van der Waals surface area contributed by atoms with E-state index in [0.717, 1.165) is 11.1 Å². The van der Waals surface area contributed by atoms with Crippen LogP contribution in [-0.2, 0) is 14.3 Å². The second-order valence-electron chi connectivity index (χ2n) is 3.80. The number of hydrogen-bond acceptors (Lipinski definition) is 3. The van der Waals surface area contributed by atoms with E-state index >= 15 is 0 Å². The molecular formula is C13H18O3. The number of carbonyl (C=O) groups excluding carboxylic acids is 1. The fourth-order valence-corrected chi connectivity index (χ4v) is 1.49. The molecule has 0 saturated heterocycles. The van der Waals surface area contributed by atoms with E-state index in [1.807, 2.05) is 38.1 Å². The molecule has 0 aromatic heterocycles. The largest absolute Gasteiger partial charge is 0.458 e. The van der Waals surface area contributed by atoms with Gasteiger partial charge in [-0.3, -0.25) is 4.79 Å². The number of carbonyl (C=O) groups is 1. The van der Waals surface area contributed by atoms with Crippen LogP contribution in [0.4, 0.5) is 0 Å². The molecule has 0 aliphatic heterocycles. The Morgan fingerprint density at radius 2 is 1.50 bits per heavy atom. The second kappa shape index (κ2) is 5.66. The second-order valence-corrected chi connectivity index (χ2v) is 3.80. The Kier molecular flexibility index (Phi) is 4.50. The summed E-state index contributed by atoms with van der Waals surface area (Å²) >= 11 is 0.